The molecular formula is C13H20N2O2. The van der Waals surface area contributed by atoms with E-state index in [9.17, 15) is 4.79 Å². The minimum absolute atomic E-state index is 0.00928. The lowest BCUT2D eigenvalue weighted by Crippen LogP contribution is -2.35. The maximum Gasteiger partial charge on any atom is 0.251 e. The van der Waals surface area contributed by atoms with Crippen molar-refractivity contribution < 1.29 is 9.90 Å². The van der Waals surface area contributed by atoms with E-state index in [1.165, 1.54) is 0 Å². The molecule has 17 heavy (non-hydrogen) atoms. The molecule has 0 aliphatic heterocycles. The largest absolute Gasteiger partial charge is 0.398 e. The Balaban J connectivity index is 2.72. The van der Waals surface area contributed by atoms with Gasteiger partial charge in [0, 0.05) is 23.9 Å². The summed E-state index contributed by atoms with van der Waals surface area (Å²) in [5, 5.41) is 11.7. The predicted octanol–water partition coefficient (Wildman–Crippen LogP) is 1.47. The summed E-state index contributed by atoms with van der Waals surface area (Å²) in [6.07, 6.45) is 1.37. The summed E-state index contributed by atoms with van der Waals surface area (Å²) in [5.74, 6) is -0.142. The van der Waals surface area contributed by atoms with Gasteiger partial charge in [-0.05, 0) is 37.5 Å². The summed E-state index contributed by atoms with van der Waals surface area (Å²) in [4.78, 5) is 11.9. The van der Waals surface area contributed by atoms with Gasteiger partial charge in [-0.15, -0.1) is 0 Å². The molecule has 0 heterocycles. The molecule has 0 aliphatic carbocycles. The van der Waals surface area contributed by atoms with E-state index < -0.39 is 0 Å². The molecular weight excluding hydrogens is 216 g/mol. The highest BCUT2D eigenvalue weighted by Gasteiger charge is 2.12. The van der Waals surface area contributed by atoms with E-state index in [4.69, 9.17) is 10.8 Å². The maximum atomic E-state index is 11.9. The number of nitrogen functional groups attached to an aromatic ring is 1. The molecule has 1 rings (SSSR count). The minimum atomic E-state index is -0.142. The monoisotopic (exact) mass is 236 g/mol. The second-order valence-electron chi connectivity index (χ2n) is 4.16. The van der Waals surface area contributed by atoms with Crippen molar-refractivity contribution in [2.24, 2.45) is 0 Å². The second-order valence-corrected chi connectivity index (χ2v) is 4.16. The molecule has 0 aromatic heterocycles. The molecule has 0 spiro atoms. The third-order valence-electron chi connectivity index (χ3n) is 2.85. The summed E-state index contributed by atoms with van der Waals surface area (Å²) < 4.78 is 0. The molecule has 0 saturated carbocycles. The van der Waals surface area contributed by atoms with Crippen molar-refractivity contribution in [1.29, 1.82) is 0 Å². The van der Waals surface area contributed by atoms with Gasteiger partial charge in [-0.3, -0.25) is 4.79 Å². The number of nitrogens with one attached hydrogen (secondary N) is 1. The van der Waals surface area contributed by atoms with Crippen molar-refractivity contribution in [1.82, 2.24) is 5.32 Å². The molecule has 0 aliphatic rings. The maximum absolute atomic E-state index is 11.9. The lowest BCUT2D eigenvalue weighted by Gasteiger charge is -2.16. The number of carbonyl (C=O) groups is 1. The number of amides is 1. The van der Waals surface area contributed by atoms with Crippen LogP contribution in [0, 0.1) is 6.92 Å². The van der Waals surface area contributed by atoms with E-state index in [1.807, 2.05) is 19.9 Å². The highest BCUT2D eigenvalue weighted by Crippen LogP contribution is 2.13. The molecule has 1 aromatic carbocycles. The number of nitrogens with two attached hydrogens (primary N) is 1. The zero-order valence-electron chi connectivity index (χ0n) is 10.4. The van der Waals surface area contributed by atoms with E-state index in [0.717, 1.165) is 12.0 Å². The average molecular weight is 236 g/mol. The summed E-state index contributed by atoms with van der Waals surface area (Å²) in [6, 6.07) is 5.27. The van der Waals surface area contributed by atoms with Crippen LogP contribution >= 0.6 is 0 Å². The fraction of sp³-hybridized carbons (Fsp3) is 0.462. The van der Waals surface area contributed by atoms with Gasteiger partial charge in [-0.25, -0.2) is 0 Å². The molecule has 4 heteroatoms. The van der Waals surface area contributed by atoms with Gasteiger partial charge in [0.05, 0.1) is 0 Å². The molecule has 4 nitrogen and oxygen atoms in total. The van der Waals surface area contributed by atoms with Crippen LogP contribution in [0.4, 0.5) is 5.69 Å². The van der Waals surface area contributed by atoms with Gasteiger partial charge in [0.15, 0.2) is 0 Å². The highest BCUT2D eigenvalue weighted by molar-refractivity contribution is 5.95. The minimum Gasteiger partial charge on any atom is -0.398 e. The van der Waals surface area contributed by atoms with Gasteiger partial charge < -0.3 is 16.2 Å². The third-order valence-corrected chi connectivity index (χ3v) is 2.85. The fourth-order valence-electron chi connectivity index (χ4n) is 1.58. The normalized spacial score (nSPS) is 12.2. The van der Waals surface area contributed by atoms with E-state index in [-0.39, 0.29) is 18.6 Å². The van der Waals surface area contributed by atoms with Crippen molar-refractivity contribution in [2.75, 3.05) is 12.3 Å². The van der Waals surface area contributed by atoms with Gasteiger partial charge in [0.1, 0.15) is 0 Å². The molecule has 0 fully saturated rings. The number of aryl methyl sites for hydroxylation is 1. The Morgan fingerprint density at radius 1 is 1.53 bits per heavy atom. The van der Waals surface area contributed by atoms with Crippen LogP contribution in [-0.2, 0) is 0 Å². The number of benzene rings is 1. The van der Waals surface area contributed by atoms with E-state index >= 15 is 0 Å². The Labute approximate surface area is 102 Å². The molecule has 94 valence electrons. The predicted molar refractivity (Wildman–Crippen MR) is 68.8 cm³/mol. The van der Waals surface area contributed by atoms with Gasteiger partial charge in [-0.2, -0.15) is 0 Å². The first-order valence-electron chi connectivity index (χ1n) is 5.86. The number of aliphatic hydroxyl groups excluding tert-OH is 1. The molecule has 1 amide bonds. The molecule has 0 bridgehead atoms. The summed E-state index contributed by atoms with van der Waals surface area (Å²) in [6.45, 7) is 3.95. The van der Waals surface area contributed by atoms with Crippen LogP contribution < -0.4 is 11.1 Å². The van der Waals surface area contributed by atoms with Crippen LogP contribution in [-0.4, -0.2) is 23.7 Å². The lowest BCUT2D eigenvalue weighted by molar-refractivity contribution is 0.0929. The number of hydrogen-bond donors (Lipinski definition) is 3. The first kappa shape index (κ1) is 13.5. The Kier molecular flexibility index (Phi) is 4.97. The molecule has 1 atom stereocenters. The van der Waals surface area contributed by atoms with Gasteiger partial charge in [0.2, 0.25) is 0 Å². The Morgan fingerprint density at radius 3 is 2.76 bits per heavy atom. The molecule has 0 radical (unpaired) electrons. The van der Waals surface area contributed by atoms with Gasteiger partial charge in [-0.1, -0.05) is 13.0 Å². The topological polar surface area (TPSA) is 75.3 Å². The van der Waals surface area contributed by atoms with Crippen LogP contribution in [0.2, 0.25) is 0 Å². The first-order valence-corrected chi connectivity index (χ1v) is 5.86. The third kappa shape index (κ3) is 3.75. The average Bonchev–Trinajstić information content (AvgIpc) is 2.31. The van der Waals surface area contributed by atoms with Crippen molar-refractivity contribution in [2.45, 2.75) is 32.7 Å². The van der Waals surface area contributed by atoms with Crippen molar-refractivity contribution in [3.63, 3.8) is 0 Å². The standard InChI is InChI=1S/C13H20N2O2/c1-3-11(6-7-16)15-13(17)10-5-4-9(2)12(14)8-10/h4-5,8,11,16H,3,6-7,14H2,1-2H3,(H,15,17). The van der Waals surface area contributed by atoms with E-state index in [0.29, 0.717) is 17.7 Å². The molecule has 1 unspecified atom stereocenters. The highest BCUT2D eigenvalue weighted by atomic mass is 16.3. The van der Waals surface area contributed by atoms with Crippen molar-refractivity contribution >= 4 is 11.6 Å². The zero-order chi connectivity index (χ0) is 12.8. The Hall–Kier alpha value is -1.55. The Bertz CT molecular complexity index is 391. The van der Waals surface area contributed by atoms with Gasteiger partial charge >= 0.3 is 0 Å². The number of carbonyl (C=O) groups excluding carboxylic acids is 1. The number of rotatable bonds is 5. The summed E-state index contributed by atoms with van der Waals surface area (Å²) in [5.41, 5.74) is 7.90. The lowest BCUT2D eigenvalue weighted by atomic mass is 10.1. The SMILES string of the molecule is CCC(CCO)NC(=O)c1ccc(C)c(N)c1. The van der Waals surface area contributed by atoms with Crippen LogP contribution in [0.25, 0.3) is 0 Å². The first-order chi connectivity index (χ1) is 8.08. The summed E-state index contributed by atoms with van der Waals surface area (Å²) in [7, 11) is 0. The van der Waals surface area contributed by atoms with E-state index in [1.54, 1.807) is 12.1 Å². The van der Waals surface area contributed by atoms with Crippen molar-refractivity contribution in [3.05, 3.63) is 29.3 Å². The van der Waals surface area contributed by atoms with Crippen molar-refractivity contribution in [3.8, 4) is 0 Å². The van der Waals surface area contributed by atoms with Crippen LogP contribution in [0.1, 0.15) is 35.7 Å². The smallest absolute Gasteiger partial charge is 0.251 e. The van der Waals surface area contributed by atoms with E-state index in [2.05, 4.69) is 5.32 Å². The second kappa shape index (κ2) is 6.25. The molecule has 0 saturated heterocycles. The van der Waals surface area contributed by atoms with Gasteiger partial charge in [0.25, 0.3) is 5.91 Å². The number of anilines is 1. The molecule has 4 N–H and O–H groups in total. The fourth-order valence-corrected chi connectivity index (χ4v) is 1.58. The summed E-state index contributed by atoms with van der Waals surface area (Å²) >= 11 is 0. The number of aliphatic hydroxyl groups is 1. The van der Waals surface area contributed by atoms with Crippen LogP contribution in [0.3, 0.4) is 0 Å². The zero-order valence-corrected chi connectivity index (χ0v) is 10.4. The quantitative estimate of drug-likeness (QED) is 0.678. The van der Waals surface area contributed by atoms with Crippen LogP contribution in [0.15, 0.2) is 18.2 Å². The number of hydrogen-bond acceptors (Lipinski definition) is 3. The Morgan fingerprint density at radius 2 is 2.24 bits per heavy atom. The van der Waals surface area contributed by atoms with Crippen LogP contribution in [0.5, 0.6) is 0 Å². The molecule has 1 aromatic rings.